The average Bonchev–Trinajstić information content (AvgIpc) is 2.82. The van der Waals surface area contributed by atoms with E-state index in [1.54, 1.807) is 20.8 Å². The van der Waals surface area contributed by atoms with Gasteiger partial charge < -0.3 is 4.74 Å². The molecular weight excluding hydrogens is 297 g/mol. The molecule has 0 bridgehead atoms. The van der Waals surface area contributed by atoms with E-state index in [4.69, 9.17) is 4.74 Å². The molecule has 1 heterocycles. The van der Waals surface area contributed by atoms with E-state index >= 15 is 0 Å². The lowest BCUT2D eigenvalue weighted by Gasteiger charge is -2.19. The van der Waals surface area contributed by atoms with Gasteiger partial charge in [0.1, 0.15) is 11.4 Å². The summed E-state index contributed by atoms with van der Waals surface area (Å²) in [4.78, 5) is 24.9. The predicted molar refractivity (Wildman–Crippen MR) is 87.3 cm³/mol. The molecule has 0 aliphatic heterocycles. The van der Waals surface area contributed by atoms with Crippen LogP contribution in [0.1, 0.15) is 51.4 Å². The van der Waals surface area contributed by atoms with Crippen molar-refractivity contribution >= 4 is 22.8 Å². The normalized spacial score (nSPS) is 13.1. The van der Waals surface area contributed by atoms with Crippen LogP contribution in [0.2, 0.25) is 0 Å². The van der Waals surface area contributed by atoms with E-state index in [0.29, 0.717) is 22.9 Å². The third kappa shape index (κ3) is 3.60. The van der Waals surface area contributed by atoms with Crippen LogP contribution in [-0.4, -0.2) is 22.0 Å². The molecule has 0 spiro atoms. The van der Waals surface area contributed by atoms with Gasteiger partial charge in [-0.1, -0.05) is 13.8 Å². The number of rotatable bonds is 3. The predicted octanol–water partition coefficient (Wildman–Crippen LogP) is 4.79. The first kappa shape index (κ1) is 17.2. The minimum absolute atomic E-state index is 0.106. The number of nitrogens with zero attached hydrogens (tertiary/aromatic N) is 1. The molecule has 2 aromatic rings. The fourth-order valence-electron chi connectivity index (χ4n) is 2.31. The van der Waals surface area contributed by atoms with Gasteiger partial charge in [0.25, 0.3) is 0 Å². The van der Waals surface area contributed by atoms with Crippen LogP contribution in [0.15, 0.2) is 24.4 Å². The minimum atomic E-state index is -0.658. The van der Waals surface area contributed by atoms with Crippen LogP contribution in [-0.2, 0) is 4.74 Å². The number of ketones is 1. The van der Waals surface area contributed by atoms with Crippen LogP contribution in [0.25, 0.3) is 10.9 Å². The van der Waals surface area contributed by atoms with Crippen molar-refractivity contribution in [1.29, 1.82) is 0 Å². The second-order valence-electron chi connectivity index (χ2n) is 6.73. The van der Waals surface area contributed by atoms with Gasteiger partial charge in [0.15, 0.2) is 5.78 Å². The maximum atomic E-state index is 13.6. The van der Waals surface area contributed by atoms with E-state index in [-0.39, 0.29) is 11.7 Å². The van der Waals surface area contributed by atoms with Crippen LogP contribution in [0, 0.1) is 11.7 Å². The fourth-order valence-corrected chi connectivity index (χ4v) is 2.31. The van der Waals surface area contributed by atoms with Gasteiger partial charge in [-0.15, -0.1) is 0 Å². The zero-order valence-corrected chi connectivity index (χ0v) is 14.1. The largest absolute Gasteiger partial charge is 0.443 e. The van der Waals surface area contributed by atoms with Crippen molar-refractivity contribution in [3.8, 4) is 0 Å². The molecule has 0 saturated heterocycles. The lowest BCUT2D eigenvalue weighted by atomic mass is 9.97. The van der Waals surface area contributed by atoms with Gasteiger partial charge in [-0.2, -0.15) is 0 Å². The summed E-state index contributed by atoms with van der Waals surface area (Å²) in [5.41, 5.74) is 0.154. The lowest BCUT2D eigenvalue weighted by Crippen LogP contribution is -2.26. The van der Waals surface area contributed by atoms with Crippen molar-refractivity contribution in [2.24, 2.45) is 5.92 Å². The molecule has 4 nitrogen and oxygen atoms in total. The van der Waals surface area contributed by atoms with Crippen LogP contribution in [0.5, 0.6) is 0 Å². The topological polar surface area (TPSA) is 48.3 Å². The number of hydrogen-bond acceptors (Lipinski definition) is 3. The summed E-state index contributed by atoms with van der Waals surface area (Å²) in [6.07, 6.45) is 1.54. The Labute approximate surface area is 135 Å². The Hall–Kier alpha value is -2.17. The molecule has 124 valence electrons. The summed E-state index contributed by atoms with van der Waals surface area (Å²) < 4.78 is 20.2. The molecule has 0 fully saturated rings. The third-order valence-corrected chi connectivity index (χ3v) is 3.68. The standard InChI is InChI=1S/C18H22FNO3/c1-6-11(2)16(21)14-10-20(17(22)23-18(3,4)5)15-8-7-12(19)9-13(14)15/h7-11H,6H2,1-5H3. The first-order valence-electron chi connectivity index (χ1n) is 7.72. The summed E-state index contributed by atoms with van der Waals surface area (Å²) >= 11 is 0. The molecule has 2 rings (SSSR count). The fraction of sp³-hybridized carbons (Fsp3) is 0.444. The summed E-state index contributed by atoms with van der Waals surface area (Å²) in [7, 11) is 0. The molecule has 0 radical (unpaired) electrons. The van der Waals surface area contributed by atoms with Crippen LogP contribution in [0.4, 0.5) is 9.18 Å². The molecule has 0 N–H and O–H groups in total. The summed E-state index contributed by atoms with van der Waals surface area (Å²) in [5.74, 6) is -0.751. The van der Waals surface area contributed by atoms with Gasteiger partial charge in [0.2, 0.25) is 0 Å². The van der Waals surface area contributed by atoms with Crippen molar-refractivity contribution in [2.45, 2.75) is 46.6 Å². The van der Waals surface area contributed by atoms with Crippen LogP contribution < -0.4 is 0 Å². The zero-order valence-electron chi connectivity index (χ0n) is 14.1. The quantitative estimate of drug-likeness (QED) is 0.764. The van der Waals surface area contributed by atoms with Gasteiger partial charge in [-0.3, -0.25) is 9.36 Å². The average molecular weight is 319 g/mol. The van der Waals surface area contributed by atoms with E-state index in [0.717, 1.165) is 0 Å². The molecular formula is C18H22FNO3. The van der Waals surface area contributed by atoms with E-state index in [1.807, 2.05) is 13.8 Å². The molecule has 0 aliphatic carbocycles. The molecule has 1 unspecified atom stereocenters. The molecule has 1 aromatic heterocycles. The molecule has 23 heavy (non-hydrogen) atoms. The van der Waals surface area contributed by atoms with Crippen LogP contribution in [0.3, 0.4) is 0 Å². The minimum Gasteiger partial charge on any atom is -0.443 e. The van der Waals surface area contributed by atoms with Crippen molar-refractivity contribution < 1.29 is 18.7 Å². The summed E-state index contributed by atoms with van der Waals surface area (Å²) in [6, 6.07) is 4.04. The monoisotopic (exact) mass is 319 g/mol. The second kappa shape index (κ2) is 6.14. The number of halogens is 1. The SMILES string of the molecule is CCC(C)C(=O)c1cn(C(=O)OC(C)(C)C)c2ccc(F)cc12. The van der Waals surface area contributed by atoms with E-state index in [2.05, 4.69) is 0 Å². The Morgan fingerprint density at radius 2 is 1.96 bits per heavy atom. The van der Waals surface area contributed by atoms with E-state index in [9.17, 15) is 14.0 Å². The Morgan fingerprint density at radius 1 is 1.30 bits per heavy atom. The molecule has 0 aliphatic rings. The Bertz CT molecular complexity index is 755. The summed E-state index contributed by atoms with van der Waals surface area (Å²) in [6.45, 7) is 9.03. The van der Waals surface area contributed by atoms with Crippen molar-refractivity contribution in [2.75, 3.05) is 0 Å². The van der Waals surface area contributed by atoms with Gasteiger partial charge in [0, 0.05) is 23.1 Å². The van der Waals surface area contributed by atoms with Crippen molar-refractivity contribution in [1.82, 2.24) is 4.57 Å². The number of benzene rings is 1. The Kier molecular flexibility index (Phi) is 4.59. The van der Waals surface area contributed by atoms with Gasteiger partial charge in [0.05, 0.1) is 5.52 Å². The Balaban J connectivity index is 2.59. The third-order valence-electron chi connectivity index (χ3n) is 3.68. The number of hydrogen-bond donors (Lipinski definition) is 0. The maximum Gasteiger partial charge on any atom is 0.419 e. The number of carbonyl (C=O) groups excluding carboxylic acids is 2. The highest BCUT2D eigenvalue weighted by molar-refractivity contribution is 6.10. The highest BCUT2D eigenvalue weighted by Gasteiger charge is 2.24. The number of fused-ring (bicyclic) bond motifs is 1. The Morgan fingerprint density at radius 3 is 2.52 bits per heavy atom. The van der Waals surface area contributed by atoms with Crippen molar-refractivity contribution in [3.63, 3.8) is 0 Å². The van der Waals surface area contributed by atoms with Gasteiger partial charge >= 0.3 is 6.09 Å². The molecule has 1 aromatic carbocycles. The molecule has 0 saturated carbocycles. The number of carbonyl (C=O) groups is 2. The maximum absolute atomic E-state index is 13.6. The number of ether oxygens (including phenoxy) is 1. The van der Waals surface area contributed by atoms with Crippen molar-refractivity contribution in [3.05, 3.63) is 35.8 Å². The van der Waals surface area contributed by atoms with Gasteiger partial charge in [-0.25, -0.2) is 9.18 Å². The van der Waals surface area contributed by atoms with E-state index in [1.165, 1.54) is 29.0 Å². The highest BCUT2D eigenvalue weighted by Crippen LogP contribution is 2.26. The van der Waals surface area contributed by atoms with Gasteiger partial charge in [-0.05, 0) is 45.4 Å². The van der Waals surface area contributed by atoms with E-state index < -0.39 is 17.5 Å². The molecule has 0 amide bonds. The second-order valence-corrected chi connectivity index (χ2v) is 6.73. The van der Waals surface area contributed by atoms with Crippen LogP contribution >= 0.6 is 0 Å². The molecule has 5 heteroatoms. The molecule has 1 atom stereocenters. The number of Topliss-reactive ketones (excluding diaryl/α,β-unsaturated/α-hetero) is 1. The smallest absolute Gasteiger partial charge is 0.419 e. The first-order valence-corrected chi connectivity index (χ1v) is 7.72. The summed E-state index contributed by atoms with van der Waals surface area (Å²) in [5, 5.41) is 0.432. The lowest BCUT2D eigenvalue weighted by molar-refractivity contribution is 0.0544. The highest BCUT2D eigenvalue weighted by atomic mass is 19.1. The zero-order chi connectivity index (χ0) is 17.4. The number of aromatic nitrogens is 1. The first-order chi connectivity index (χ1) is 10.6.